The van der Waals surface area contributed by atoms with E-state index in [4.69, 9.17) is 11.6 Å². The molecule has 4 heteroatoms. The van der Waals surface area contributed by atoms with Crippen molar-refractivity contribution < 1.29 is 5.11 Å². The van der Waals surface area contributed by atoms with Gasteiger partial charge in [0.25, 0.3) is 0 Å². The number of benzene rings is 1. The first kappa shape index (κ1) is 13.3. The Morgan fingerprint density at radius 2 is 2.00 bits per heavy atom. The van der Waals surface area contributed by atoms with E-state index in [0.717, 1.165) is 47.3 Å². The van der Waals surface area contributed by atoms with Crippen LogP contribution in [0, 0.1) is 0 Å². The molecular weight excluding hydrogens is 302 g/mol. The van der Waals surface area contributed by atoms with Gasteiger partial charge in [-0.25, -0.2) is 0 Å². The minimum atomic E-state index is -0.0932. The molecule has 2 N–H and O–H groups in total. The van der Waals surface area contributed by atoms with Gasteiger partial charge in [-0.1, -0.05) is 33.6 Å². The van der Waals surface area contributed by atoms with Gasteiger partial charge >= 0.3 is 0 Å². The van der Waals surface area contributed by atoms with Crippen molar-refractivity contribution in [1.29, 1.82) is 0 Å². The molecule has 0 bridgehead atoms. The smallest absolute Gasteiger partial charge is 0.0541 e. The normalized spacial score (nSPS) is 24.9. The molecule has 2 nitrogen and oxygen atoms in total. The zero-order valence-electron chi connectivity index (χ0n) is 9.63. The molecule has 0 heterocycles. The standard InChI is InChI=1S/C13H17BrClNO/c14-10-2-1-9(13(15)7-10)8-16-11-3-5-12(17)6-4-11/h1-2,7,11-12,16-17H,3-6,8H2. The van der Waals surface area contributed by atoms with Gasteiger partial charge in [0.1, 0.15) is 0 Å². The van der Waals surface area contributed by atoms with Gasteiger partial charge < -0.3 is 10.4 Å². The van der Waals surface area contributed by atoms with Crippen LogP contribution in [0.1, 0.15) is 31.2 Å². The highest BCUT2D eigenvalue weighted by Gasteiger charge is 2.18. The summed E-state index contributed by atoms with van der Waals surface area (Å²) in [6.07, 6.45) is 3.83. The van der Waals surface area contributed by atoms with E-state index in [0.29, 0.717) is 6.04 Å². The molecule has 1 aliphatic carbocycles. The second kappa shape index (κ2) is 6.19. The minimum Gasteiger partial charge on any atom is -0.393 e. The van der Waals surface area contributed by atoms with Crippen LogP contribution in [0.4, 0.5) is 0 Å². The Bertz CT molecular complexity index is 378. The molecule has 17 heavy (non-hydrogen) atoms. The zero-order valence-corrected chi connectivity index (χ0v) is 12.0. The molecule has 0 atom stereocenters. The van der Waals surface area contributed by atoms with Crippen molar-refractivity contribution in [3.63, 3.8) is 0 Å². The number of aliphatic hydroxyl groups excluding tert-OH is 1. The van der Waals surface area contributed by atoms with Crippen LogP contribution < -0.4 is 5.32 Å². The number of aliphatic hydroxyl groups is 1. The number of halogens is 2. The van der Waals surface area contributed by atoms with Gasteiger partial charge in [0.15, 0.2) is 0 Å². The van der Waals surface area contributed by atoms with Gasteiger partial charge in [-0.3, -0.25) is 0 Å². The summed E-state index contributed by atoms with van der Waals surface area (Å²) < 4.78 is 1.01. The fourth-order valence-corrected chi connectivity index (χ4v) is 2.94. The van der Waals surface area contributed by atoms with Crippen LogP contribution in [0.25, 0.3) is 0 Å². The SMILES string of the molecule is OC1CCC(NCc2ccc(Br)cc2Cl)CC1. The summed E-state index contributed by atoms with van der Waals surface area (Å²) in [5.74, 6) is 0. The molecule has 0 saturated heterocycles. The van der Waals surface area contributed by atoms with Crippen molar-refractivity contribution in [2.45, 2.75) is 44.4 Å². The lowest BCUT2D eigenvalue weighted by Crippen LogP contribution is -2.34. The van der Waals surface area contributed by atoms with Crippen LogP contribution in [0.15, 0.2) is 22.7 Å². The van der Waals surface area contributed by atoms with Crippen LogP contribution in [-0.2, 0) is 6.54 Å². The fourth-order valence-electron chi connectivity index (χ4n) is 2.20. The highest BCUT2D eigenvalue weighted by atomic mass is 79.9. The number of rotatable bonds is 3. The molecule has 0 radical (unpaired) electrons. The number of hydrogen-bond donors (Lipinski definition) is 2. The lowest BCUT2D eigenvalue weighted by Gasteiger charge is -2.26. The monoisotopic (exact) mass is 317 g/mol. The zero-order chi connectivity index (χ0) is 12.3. The van der Waals surface area contributed by atoms with Crippen molar-refractivity contribution in [1.82, 2.24) is 5.32 Å². The fraction of sp³-hybridized carbons (Fsp3) is 0.538. The minimum absolute atomic E-state index is 0.0932. The topological polar surface area (TPSA) is 32.3 Å². The largest absolute Gasteiger partial charge is 0.393 e. The summed E-state index contributed by atoms with van der Waals surface area (Å²) in [6, 6.07) is 6.48. The molecule has 0 amide bonds. The second-order valence-corrected chi connectivity index (χ2v) is 5.94. The third kappa shape index (κ3) is 3.95. The van der Waals surface area contributed by atoms with E-state index in [1.165, 1.54) is 0 Å². The molecule has 1 aromatic rings. The third-order valence-electron chi connectivity index (χ3n) is 3.29. The average molecular weight is 319 g/mol. The quantitative estimate of drug-likeness (QED) is 0.894. The summed E-state index contributed by atoms with van der Waals surface area (Å²) in [6.45, 7) is 0.798. The lowest BCUT2D eigenvalue weighted by molar-refractivity contribution is 0.116. The molecule has 1 saturated carbocycles. The number of nitrogens with one attached hydrogen (secondary N) is 1. The Morgan fingerprint density at radius 3 is 2.65 bits per heavy atom. The first-order valence-corrected chi connectivity index (χ1v) is 7.17. The second-order valence-electron chi connectivity index (χ2n) is 4.62. The van der Waals surface area contributed by atoms with E-state index in [-0.39, 0.29) is 6.10 Å². The van der Waals surface area contributed by atoms with E-state index < -0.39 is 0 Å². The summed E-state index contributed by atoms with van der Waals surface area (Å²) in [5.41, 5.74) is 1.13. The van der Waals surface area contributed by atoms with Crippen molar-refractivity contribution in [2.24, 2.45) is 0 Å². The van der Waals surface area contributed by atoms with Gasteiger partial charge in [0, 0.05) is 22.1 Å². The van der Waals surface area contributed by atoms with Crippen molar-refractivity contribution in [3.05, 3.63) is 33.3 Å². The molecule has 1 aromatic carbocycles. The summed E-state index contributed by atoms with van der Waals surface area (Å²) in [7, 11) is 0. The van der Waals surface area contributed by atoms with Gasteiger partial charge in [0.2, 0.25) is 0 Å². The van der Waals surface area contributed by atoms with Crippen LogP contribution >= 0.6 is 27.5 Å². The first-order valence-electron chi connectivity index (χ1n) is 6.00. The van der Waals surface area contributed by atoms with Crippen molar-refractivity contribution >= 4 is 27.5 Å². The predicted molar refractivity (Wildman–Crippen MR) is 74.3 cm³/mol. The summed E-state index contributed by atoms with van der Waals surface area (Å²) in [5, 5.41) is 13.7. The maximum atomic E-state index is 9.43. The first-order chi connectivity index (χ1) is 8.15. The predicted octanol–water partition coefficient (Wildman–Crippen LogP) is 3.50. The molecule has 0 aromatic heterocycles. The van der Waals surface area contributed by atoms with Crippen LogP contribution in [0.5, 0.6) is 0 Å². The lowest BCUT2D eigenvalue weighted by atomic mass is 9.93. The van der Waals surface area contributed by atoms with Crippen LogP contribution in [0.3, 0.4) is 0 Å². The van der Waals surface area contributed by atoms with Crippen molar-refractivity contribution in [2.75, 3.05) is 0 Å². The van der Waals surface area contributed by atoms with Gasteiger partial charge in [-0.15, -0.1) is 0 Å². The molecule has 0 unspecified atom stereocenters. The third-order valence-corrected chi connectivity index (χ3v) is 4.14. The summed E-state index contributed by atoms with van der Waals surface area (Å²) >= 11 is 9.56. The van der Waals surface area contributed by atoms with Gasteiger partial charge in [-0.2, -0.15) is 0 Å². The van der Waals surface area contributed by atoms with E-state index in [1.807, 2.05) is 18.2 Å². The molecule has 1 fully saturated rings. The molecule has 0 aliphatic heterocycles. The molecule has 94 valence electrons. The van der Waals surface area contributed by atoms with E-state index in [9.17, 15) is 5.11 Å². The molecular formula is C13H17BrClNO. The van der Waals surface area contributed by atoms with Gasteiger partial charge in [0.05, 0.1) is 6.10 Å². The number of hydrogen-bond acceptors (Lipinski definition) is 2. The van der Waals surface area contributed by atoms with E-state index >= 15 is 0 Å². The average Bonchev–Trinajstić information content (AvgIpc) is 2.30. The highest BCUT2D eigenvalue weighted by molar-refractivity contribution is 9.10. The molecule has 1 aliphatic rings. The maximum absolute atomic E-state index is 9.43. The van der Waals surface area contributed by atoms with Crippen LogP contribution in [-0.4, -0.2) is 17.3 Å². The molecule has 2 rings (SSSR count). The van der Waals surface area contributed by atoms with Crippen molar-refractivity contribution in [3.8, 4) is 0 Å². The Hall–Kier alpha value is -0.0900. The molecule has 0 spiro atoms. The Morgan fingerprint density at radius 1 is 1.29 bits per heavy atom. The van der Waals surface area contributed by atoms with E-state index in [2.05, 4.69) is 21.2 Å². The Kier molecular flexibility index (Phi) is 4.86. The maximum Gasteiger partial charge on any atom is 0.0541 e. The highest BCUT2D eigenvalue weighted by Crippen LogP contribution is 2.23. The van der Waals surface area contributed by atoms with E-state index in [1.54, 1.807) is 0 Å². The Balaban J connectivity index is 1.85. The Labute approximate surface area is 115 Å². The van der Waals surface area contributed by atoms with Gasteiger partial charge in [-0.05, 0) is 43.4 Å². The van der Waals surface area contributed by atoms with Crippen LogP contribution in [0.2, 0.25) is 5.02 Å². The summed E-state index contributed by atoms with van der Waals surface area (Å²) in [4.78, 5) is 0.